The average Bonchev–Trinajstić information content (AvgIpc) is 3.37. The number of ether oxygens (including phenoxy) is 4. The van der Waals surface area contributed by atoms with Crippen LogP contribution in [-0.4, -0.2) is 55.1 Å². The van der Waals surface area contributed by atoms with E-state index in [4.69, 9.17) is 18.9 Å². The molecule has 6 rings (SSSR count). The lowest BCUT2D eigenvalue weighted by molar-refractivity contribution is -0.173. The Bertz CT molecular complexity index is 1530. The zero-order valence-electron chi connectivity index (χ0n) is 24.4. The maximum Gasteiger partial charge on any atom is 0.407 e. The molecular weight excluding hydrogens is 558 g/mol. The van der Waals surface area contributed by atoms with Crippen LogP contribution in [0.4, 0.5) is 4.79 Å². The lowest BCUT2D eigenvalue weighted by Crippen LogP contribution is -2.64. The molecule has 4 unspecified atom stereocenters. The molecule has 0 saturated carbocycles. The minimum Gasteiger partial charge on any atom is -0.454 e. The summed E-state index contributed by atoms with van der Waals surface area (Å²) in [4.78, 5) is 39.7. The first-order chi connectivity index (χ1) is 21.4. The van der Waals surface area contributed by atoms with E-state index < -0.39 is 48.5 Å². The standard InChI is InChI=1S/C36H33NO7/c1-22-32(43-34(38)24-13-5-3-6-14-24)31(33(23(2)42-22)44-35(39)25-15-7-4-8-16-25)37-36(40)41-21-30-28-19-11-9-17-26(28)27-18-10-12-20-29(27)30/h3-20,22-23,30-33H,21H2,1-2H3,(H,37,40). The molecule has 1 N–H and O–H groups in total. The van der Waals surface area contributed by atoms with Gasteiger partial charge in [-0.05, 0) is 60.4 Å². The van der Waals surface area contributed by atoms with Gasteiger partial charge in [-0.2, -0.15) is 0 Å². The Kier molecular flexibility index (Phi) is 8.43. The predicted octanol–water partition coefficient (Wildman–Crippen LogP) is 6.15. The van der Waals surface area contributed by atoms with Crippen molar-refractivity contribution in [2.24, 2.45) is 0 Å². The highest BCUT2D eigenvalue weighted by molar-refractivity contribution is 5.90. The van der Waals surface area contributed by atoms with Crippen molar-refractivity contribution >= 4 is 18.0 Å². The molecule has 1 aliphatic carbocycles. The van der Waals surface area contributed by atoms with Crippen LogP contribution in [0.5, 0.6) is 0 Å². The van der Waals surface area contributed by atoms with Gasteiger partial charge in [-0.25, -0.2) is 14.4 Å². The lowest BCUT2D eigenvalue weighted by Gasteiger charge is -2.43. The van der Waals surface area contributed by atoms with E-state index in [1.54, 1.807) is 74.5 Å². The number of amides is 1. The summed E-state index contributed by atoms with van der Waals surface area (Å²) in [5, 5.41) is 2.87. The molecule has 4 aromatic carbocycles. The zero-order valence-corrected chi connectivity index (χ0v) is 24.4. The maximum atomic E-state index is 13.5. The fraction of sp³-hybridized carbons (Fsp3) is 0.250. The van der Waals surface area contributed by atoms with E-state index in [1.807, 2.05) is 36.4 Å². The summed E-state index contributed by atoms with van der Waals surface area (Å²) in [5.74, 6) is -1.32. The summed E-state index contributed by atoms with van der Waals surface area (Å²) in [7, 11) is 0. The molecule has 8 nitrogen and oxygen atoms in total. The number of benzene rings is 4. The normalized spacial score (nSPS) is 22.3. The zero-order chi connectivity index (χ0) is 30.6. The number of hydrogen-bond acceptors (Lipinski definition) is 7. The molecule has 224 valence electrons. The van der Waals surface area contributed by atoms with E-state index in [-0.39, 0.29) is 12.5 Å². The quantitative estimate of drug-likeness (QED) is 0.203. The van der Waals surface area contributed by atoms with E-state index in [2.05, 4.69) is 17.4 Å². The Morgan fingerprint density at radius 2 is 1.07 bits per heavy atom. The number of rotatable bonds is 7. The van der Waals surface area contributed by atoms with Crippen molar-refractivity contribution in [2.75, 3.05) is 6.61 Å². The van der Waals surface area contributed by atoms with E-state index in [1.165, 1.54) is 0 Å². The number of carbonyl (C=O) groups excluding carboxylic acids is 3. The summed E-state index contributed by atoms with van der Waals surface area (Å²) in [5.41, 5.74) is 5.08. The van der Waals surface area contributed by atoms with E-state index in [9.17, 15) is 14.4 Å². The molecule has 2 aliphatic rings. The van der Waals surface area contributed by atoms with Crippen LogP contribution in [0.15, 0.2) is 109 Å². The van der Waals surface area contributed by atoms with Gasteiger partial charge in [-0.15, -0.1) is 0 Å². The third kappa shape index (κ3) is 5.94. The molecule has 0 spiro atoms. The van der Waals surface area contributed by atoms with Gasteiger partial charge >= 0.3 is 18.0 Å². The molecule has 44 heavy (non-hydrogen) atoms. The van der Waals surface area contributed by atoms with Gasteiger partial charge in [0.1, 0.15) is 12.6 Å². The Morgan fingerprint density at radius 1 is 0.636 bits per heavy atom. The molecule has 0 bridgehead atoms. The van der Waals surface area contributed by atoms with Gasteiger partial charge in [0.25, 0.3) is 0 Å². The molecule has 1 amide bonds. The minimum atomic E-state index is -0.979. The van der Waals surface area contributed by atoms with Gasteiger partial charge in [0.2, 0.25) is 0 Å². The van der Waals surface area contributed by atoms with Crippen LogP contribution in [0.2, 0.25) is 0 Å². The highest BCUT2D eigenvalue weighted by Gasteiger charge is 2.48. The molecule has 1 heterocycles. The smallest absolute Gasteiger partial charge is 0.407 e. The second-order valence-electron chi connectivity index (χ2n) is 11.0. The van der Waals surface area contributed by atoms with Gasteiger partial charge in [0, 0.05) is 5.92 Å². The van der Waals surface area contributed by atoms with Crippen molar-refractivity contribution in [2.45, 2.75) is 50.2 Å². The highest BCUT2D eigenvalue weighted by Crippen LogP contribution is 2.44. The molecule has 4 aromatic rings. The van der Waals surface area contributed by atoms with E-state index in [0.717, 1.165) is 22.3 Å². The Labute approximate surface area is 255 Å². The molecule has 0 aromatic heterocycles. The van der Waals surface area contributed by atoms with Crippen molar-refractivity contribution in [3.63, 3.8) is 0 Å². The average molecular weight is 592 g/mol. The van der Waals surface area contributed by atoms with Crippen molar-refractivity contribution < 1.29 is 33.3 Å². The van der Waals surface area contributed by atoms with Crippen molar-refractivity contribution in [1.82, 2.24) is 5.32 Å². The van der Waals surface area contributed by atoms with Gasteiger partial charge in [0.05, 0.1) is 23.3 Å². The van der Waals surface area contributed by atoms with Crippen LogP contribution >= 0.6 is 0 Å². The van der Waals surface area contributed by atoms with Gasteiger partial charge in [0.15, 0.2) is 12.2 Å². The number of esters is 2. The second-order valence-corrected chi connectivity index (χ2v) is 11.0. The first-order valence-electron chi connectivity index (χ1n) is 14.7. The monoisotopic (exact) mass is 591 g/mol. The van der Waals surface area contributed by atoms with Gasteiger partial charge in [-0.1, -0.05) is 84.9 Å². The van der Waals surface area contributed by atoms with Crippen molar-refractivity contribution in [3.8, 4) is 11.1 Å². The molecule has 8 heteroatoms. The van der Waals surface area contributed by atoms with Crippen LogP contribution in [0.25, 0.3) is 11.1 Å². The molecular formula is C36H33NO7. The molecule has 0 radical (unpaired) electrons. The second kappa shape index (κ2) is 12.7. The molecule has 1 fully saturated rings. The van der Waals surface area contributed by atoms with Crippen LogP contribution in [-0.2, 0) is 18.9 Å². The van der Waals surface area contributed by atoms with Gasteiger partial charge < -0.3 is 24.3 Å². The van der Waals surface area contributed by atoms with Crippen molar-refractivity contribution in [3.05, 3.63) is 131 Å². The van der Waals surface area contributed by atoms with Crippen LogP contribution in [0.3, 0.4) is 0 Å². The molecule has 1 saturated heterocycles. The Hall–Kier alpha value is -4.95. The van der Waals surface area contributed by atoms with E-state index >= 15 is 0 Å². The van der Waals surface area contributed by atoms with Crippen LogP contribution < -0.4 is 5.32 Å². The summed E-state index contributed by atoms with van der Waals surface area (Å²) < 4.78 is 23.7. The number of hydrogen-bond donors (Lipinski definition) is 1. The summed E-state index contributed by atoms with van der Waals surface area (Å²) in [6, 6.07) is 32.3. The predicted molar refractivity (Wildman–Crippen MR) is 163 cm³/mol. The maximum absolute atomic E-state index is 13.5. The number of nitrogens with one attached hydrogen (secondary N) is 1. The largest absolute Gasteiger partial charge is 0.454 e. The fourth-order valence-electron chi connectivity index (χ4n) is 6.07. The molecule has 1 aliphatic heterocycles. The lowest BCUT2D eigenvalue weighted by atomic mass is 9.93. The Morgan fingerprint density at radius 3 is 1.55 bits per heavy atom. The number of fused-ring (bicyclic) bond motifs is 3. The van der Waals surface area contributed by atoms with Crippen LogP contribution in [0, 0.1) is 0 Å². The first kappa shape index (κ1) is 29.1. The number of alkyl carbamates (subject to hydrolysis) is 1. The Balaban J connectivity index is 1.23. The van der Waals surface area contributed by atoms with Crippen molar-refractivity contribution in [1.29, 1.82) is 0 Å². The minimum absolute atomic E-state index is 0.0944. The highest BCUT2D eigenvalue weighted by atomic mass is 16.6. The SMILES string of the molecule is CC1OC(C)C(OC(=O)c2ccccc2)C(NC(=O)OCC2c3ccccc3-c3ccccc32)C1OC(=O)c1ccccc1. The summed E-state index contributed by atoms with van der Waals surface area (Å²) in [6.45, 7) is 3.60. The fourth-order valence-corrected chi connectivity index (χ4v) is 6.07. The molecule has 4 atom stereocenters. The summed E-state index contributed by atoms with van der Waals surface area (Å²) in [6.07, 6.45) is -3.92. The topological polar surface area (TPSA) is 100 Å². The summed E-state index contributed by atoms with van der Waals surface area (Å²) >= 11 is 0. The van der Waals surface area contributed by atoms with Crippen LogP contribution in [0.1, 0.15) is 51.6 Å². The van der Waals surface area contributed by atoms with Gasteiger partial charge in [-0.3, -0.25) is 0 Å². The number of carbonyl (C=O) groups is 3. The van der Waals surface area contributed by atoms with E-state index in [0.29, 0.717) is 11.1 Å². The first-order valence-corrected chi connectivity index (χ1v) is 14.7. The third-order valence-corrected chi connectivity index (χ3v) is 8.20. The third-order valence-electron chi connectivity index (χ3n) is 8.20.